The van der Waals surface area contributed by atoms with Gasteiger partial charge >= 0.3 is 0 Å². The predicted octanol–water partition coefficient (Wildman–Crippen LogP) is 3.48. The molecule has 0 saturated heterocycles. The second-order valence-corrected chi connectivity index (χ2v) is 5.11. The van der Waals surface area contributed by atoms with E-state index in [1.807, 2.05) is 26.8 Å². The average Bonchev–Trinajstić information content (AvgIpc) is 2.70. The van der Waals surface area contributed by atoms with Gasteiger partial charge in [-0.25, -0.2) is 0 Å². The number of rotatable bonds is 3. The molecule has 102 valence electrons. The molecular weight excluding hydrogens is 240 g/mol. The van der Waals surface area contributed by atoms with Crippen LogP contribution in [0.25, 0.3) is 11.3 Å². The molecule has 0 saturated carbocycles. The highest BCUT2D eigenvalue weighted by atomic mass is 16.3. The number of phenolic OH excluding ortho intramolecular Hbond substituents is 2. The highest BCUT2D eigenvalue weighted by molar-refractivity contribution is 5.72. The number of benzene rings is 1. The number of aromatic hydroxyl groups is 2. The van der Waals surface area contributed by atoms with Crippen LogP contribution in [0, 0.1) is 6.92 Å². The Morgan fingerprint density at radius 2 is 1.89 bits per heavy atom. The third-order valence-corrected chi connectivity index (χ3v) is 3.45. The highest BCUT2D eigenvalue weighted by Crippen LogP contribution is 2.38. The summed E-state index contributed by atoms with van der Waals surface area (Å²) in [6, 6.07) is 3.22. The van der Waals surface area contributed by atoms with Gasteiger partial charge in [-0.2, -0.15) is 5.10 Å². The number of hydrogen-bond acceptors (Lipinski definition) is 3. The maximum atomic E-state index is 10.1. The Morgan fingerprint density at radius 3 is 2.47 bits per heavy atom. The Morgan fingerprint density at radius 1 is 1.21 bits per heavy atom. The van der Waals surface area contributed by atoms with E-state index >= 15 is 0 Å². The van der Waals surface area contributed by atoms with Crippen LogP contribution in [0.5, 0.6) is 11.5 Å². The molecule has 0 aliphatic carbocycles. The first-order valence-electron chi connectivity index (χ1n) is 6.55. The molecule has 1 heterocycles. The molecule has 1 aromatic carbocycles. The number of nitrogens with zero attached hydrogens (tertiary/aromatic N) is 1. The zero-order valence-corrected chi connectivity index (χ0v) is 11.8. The third-order valence-electron chi connectivity index (χ3n) is 3.45. The largest absolute Gasteiger partial charge is 0.508 e. The van der Waals surface area contributed by atoms with Gasteiger partial charge < -0.3 is 10.2 Å². The molecule has 0 unspecified atom stereocenters. The number of aromatic amines is 1. The Kier molecular flexibility index (Phi) is 3.51. The first-order chi connectivity index (χ1) is 8.95. The lowest BCUT2D eigenvalue weighted by Crippen LogP contribution is -1.92. The van der Waals surface area contributed by atoms with Crippen LogP contribution < -0.4 is 0 Å². The van der Waals surface area contributed by atoms with Crippen molar-refractivity contribution >= 4 is 0 Å². The summed E-state index contributed by atoms with van der Waals surface area (Å²) in [5.74, 6) is 0.370. The minimum absolute atomic E-state index is 0.0584. The van der Waals surface area contributed by atoms with Crippen molar-refractivity contribution in [3.05, 3.63) is 29.0 Å². The van der Waals surface area contributed by atoms with Gasteiger partial charge in [-0.15, -0.1) is 0 Å². The van der Waals surface area contributed by atoms with Gasteiger partial charge in [0.25, 0.3) is 0 Å². The van der Waals surface area contributed by atoms with Crippen molar-refractivity contribution in [3.8, 4) is 22.8 Å². The van der Waals surface area contributed by atoms with Crippen molar-refractivity contribution in [2.45, 2.75) is 40.0 Å². The minimum atomic E-state index is 0.0584. The first kappa shape index (κ1) is 13.5. The van der Waals surface area contributed by atoms with E-state index in [0.29, 0.717) is 5.56 Å². The van der Waals surface area contributed by atoms with Gasteiger partial charge in [-0.1, -0.05) is 20.8 Å². The molecule has 4 heteroatoms. The van der Waals surface area contributed by atoms with Crippen molar-refractivity contribution in [3.63, 3.8) is 0 Å². The summed E-state index contributed by atoms with van der Waals surface area (Å²) >= 11 is 0. The number of aromatic nitrogens is 2. The van der Waals surface area contributed by atoms with Crippen molar-refractivity contribution in [2.24, 2.45) is 0 Å². The summed E-state index contributed by atoms with van der Waals surface area (Å²) in [5, 5.41) is 27.2. The van der Waals surface area contributed by atoms with Gasteiger partial charge in [0.15, 0.2) is 0 Å². The average molecular weight is 260 g/mol. The Bertz CT molecular complexity index is 600. The maximum absolute atomic E-state index is 10.1. The zero-order chi connectivity index (χ0) is 14.2. The monoisotopic (exact) mass is 260 g/mol. The number of hydrogen-bond donors (Lipinski definition) is 3. The Balaban J connectivity index is 2.65. The van der Waals surface area contributed by atoms with Gasteiger partial charge in [0.05, 0.1) is 5.69 Å². The van der Waals surface area contributed by atoms with Crippen LogP contribution in [-0.2, 0) is 6.42 Å². The summed E-state index contributed by atoms with van der Waals surface area (Å²) in [6.07, 6.45) is 0.842. The van der Waals surface area contributed by atoms with Crippen LogP contribution >= 0.6 is 0 Å². The van der Waals surface area contributed by atoms with E-state index in [1.54, 1.807) is 0 Å². The second kappa shape index (κ2) is 4.96. The predicted molar refractivity (Wildman–Crippen MR) is 75.6 cm³/mol. The second-order valence-electron chi connectivity index (χ2n) is 5.11. The fraction of sp³-hybridized carbons (Fsp3) is 0.400. The number of aryl methyl sites for hydroxylation is 1. The van der Waals surface area contributed by atoms with Gasteiger partial charge in [-0.3, -0.25) is 5.10 Å². The van der Waals surface area contributed by atoms with Gasteiger partial charge in [0.2, 0.25) is 0 Å². The molecule has 2 aromatic rings. The number of phenols is 2. The lowest BCUT2D eigenvalue weighted by molar-refractivity contribution is 0.445. The van der Waals surface area contributed by atoms with Gasteiger partial charge in [0, 0.05) is 22.9 Å². The van der Waals surface area contributed by atoms with Crippen LogP contribution in [0.4, 0.5) is 0 Å². The molecule has 0 radical (unpaired) electrons. The molecule has 0 atom stereocenters. The van der Waals surface area contributed by atoms with Gasteiger partial charge in [-0.05, 0) is 30.9 Å². The molecule has 0 aliphatic rings. The molecule has 0 amide bonds. The van der Waals surface area contributed by atoms with Crippen LogP contribution in [0.2, 0.25) is 0 Å². The van der Waals surface area contributed by atoms with E-state index in [1.165, 1.54) is 6.07 Å². The molecule has 4 nitrogen and oxygen atoms in total. The SMILES string of the molecule is CCc1c(-c2cc(C(C)C)c(O)cc2O)n[nH]c1C. The molecular formula is C15H20N2O2. The van der Waals surface area contributed by atoms with Crippen molar-refractivity contribution in [1.29, 1.82) is 0 Å². The molecule has 0 spiro atoms. The van der Waals surface area contributed by atoms with E-state index in [-0.39, 0.29) is 17.4 Å². The summed E-state index contributed by atoms with van der Waals surface area (Å²) in [4.78, 5) is 0. The van der Waals surface area contributed by atoms with Crippen LogP contribution in [0.15, 0.2) is 12.1 Å². The molecule has 19 heavy (non-hydrogen) atoms. The molecule has 2 rings (SSSR count). The lowest BCUT2D eigenvalue weighted by Gasteiger charge is -2.12. The molecule has 1 aromatic heterocycles. The van der Waals surface area contributed by atoms with Crippen molar-refractivity contribution in [1.82, 2.24) is 10.2 Å². The number of H-pyrrole nitrogens is 1. The smallest absolute Gasteiger partial charge is 0.128 e. The fourth-order valence-electron chi connectivity index (χ4n) is 2.35. The summed E-state index contributed by atoms with van der Waals surface area (Å²) in [5.41, 5.74) is 4.35. The van der Waals surface area contributed by atoms with E-state index in [0.717, 1.165) is 28.9 Å². The number of nitrogens with one attached hydrogen (secondary N) is 1. The van der Waals surface area contributed by atoms with E-state index in [9.17, 15) is 10.2 Å². The third kappa shape index (κ3) is 2.30. The maximum Gasteiger partial charge on any atom is 0.128 e. The molecule has 0 aliphatic heterocycles. The topological polar surface area (TPSA) is 69.1 Å². The lowest BCUT2D eigenvalue weighted by atomic mass is 9.95. The minimum Gasteiger partial charge on any atom is -0.508 e. The first-order valence-corrected chi connectivity index (χ1v) is 6.55. The van der Waals surface area contributed by atoms with Gasteiger partial charge in [0.1, 0.15) is 11.5 Å². The normalized spacial score (nSPS) is 11.2. The van der Waals surface area contributed by atoms with Crippen molar-refractivity contribution in [2.75, 3.05) is 0 Å². The van der Waals surface area contributed by atoms with Crippen molar-refractivity contribution < 1.29 is 10.2 Å². The summed E-state index contributed by atoms with van der Waals surface area (Å²) < 4.78 is 0. The van der Waals surface area contributed by atoms with E-state index in [2.05, 4.69) is 17.1 Å². The fourth-order valence-corrected chi connectivity index (χ4v) is 2.35. The molecule has 0 bridgehead atoms. The van der Waals surface area contributed by atoms with E-state index in [4.69, 9.17) is 0 Å². The van der Waals surface area contributed by atoms with Crippen LogP contribution in [0.3, 0.4) is 0 Å². The molecule has 0 fully saturated rings. The summed E-state index contributed by atoms with van der Waals surface area (Å²) in [7, 11) is 0. The van der Waals surface area contributed by atoms with E-state index < -0.39 is 0 Å². The standard InChI is InChI=1S/C15H20N2O2/c1-5-10-9(4)16-17-15(10)12-6-11(8(2)3)13(18)7-14(12)19/h6-8,18-19H,5H2,1-4H3,(H,16,17). The Hall–Kier alpha value is -1.97. The van der Waals surface area contributed by atoms with Crippen LogP contribution in [0.1, 0.15) is 43.5 Å². The molecule has 3 N–H and O–H groups in total. The quantitative estimate of drug-likeness (QED) is 0.791. The van der Waals surface area contributed by atoms with Crippen LogP contribution in [-0.4, -0.2) is 20.4 Å². The zero-order valence-electron chi connectivity index (χ0n) is 11.8. The highest BCUT2D eigenvalue weighted by Gasteiger charge is 2.17. The Labute approximate surface area is 113 Å². The summed E-state index contributed by atoms with van der Waals surface area (Å²) in [6.45, 7) is 8.04.